The van der Waals surface area contributed by atoms with Crippen molar-refractivity contribution in [2.24, 2.45) is 0 Å². The molecule has 0 saturated carbocycles. The van der Waals surface area contributed by atoms with Gasteiger partial charge in [-0.2, -0.15) is 19.6 Å². The summed E-state index contributed by atoms with van der Waals surface area (Å²) in [6.07, 6.45) is 1.35. The highest BCUT2D eigenvalue weighted by Crippen LogP contribution is 2.37. The molecule has 0 radical (unpaired) electrons. The molecular formula is C13H10Cl2N4O. The highest BCUT2D eigenvalue weighted by Gasteiger charge is 2.17. The van der Waals surface area contributed by atoms with E-state index in [4.69, 9.17) is 27.9 Å². The van der Waals surface area contributed by atoms with Gasteiger partial charge in [0, 0.05) is 0 Å². The number of rotatable bonds is 2. The molecular weight excluding hydrogens is 299 g/mol. The maximum Gasteiger partial charge on any atom is 0.255 e. The molecule has 0 aliphatic rings. The Balaban J connectivity index is 2.15. The molecule has 3 rings (SSSR count). The summed E-state index contributed by atoms with van der Waals surface area (Å²) in [5.41, 5.74) is 1.96. The molecule has 1 aromatic carbocycles. The molecule has 0 fully saturated rings. The van der Waals surface area contributed by atoms with Gasteiger partial charge in [0.25, 0.3) is 5.78 Å². The molecule has 0 aliphatic heterocycles. The number of aromatic nitrogens is 4. The molecule has 0 bridgehead atoms. The van der Waals surface area contributed by atoms with E-state index in [0.29, 0.717) is 11.5 Å². The van der Waals surface area contributed by atoms with E-state index >= 15 is 0 Å². The first-order chi connectivity index (χ1) is 9.58. The molecule has 2 heterocycles. The number of hydrogen-bond donors (Lipinski definition) is 0. The van der Waals surface area contributed by atoms with E-state index in [-0.39, 0.29) is 16.1 Å². The van der Waals surface area contributed by atoms with Crippen LogP contribution < -0.4 is 4.74 Å². The van der Waals surface area contributed by atoms with E-state index in [0.717, 1.165) is 11.1 Å². The van der Waals surface area contributed by atoms with E-state index in [1.54, 1.807) is 0 Å². The fourth-order valence-corrected chi connectivity index (χ4v) is 2.42. The van der Waals surface area contributed by atoms with Crippen molar-refractivity contribution in [3.63, 3.8) is 0 Å². The van der Waals surface area contributed by atoms with Crippen LogP contribution in [-0.2, 0) is 0 Å². The van der Waals surface area contributed by atoms with Gasteiger partial charge in [-0.15, -0.1) is 0 Å². The first-order valence-electron chi connectivity index (χ1n) is 5.86. The predicted octanol–water partition coefficient (Wildman–Crippen LogP) is 3.84. The van der Waals surface area contributed by atoms with E-state index in [1.807, 2.05) is 32.0 Å². The fourth-order valence-electron chi connectivity index (χ4n) is 1.92. The Kier molecular flexibility index (Phi) is 3.23. The molecule has 2 aromatic heterocycles. The minimum atomic E-state index is 0.151. The SMILES string of the molecule is Cc1cccc(C)c1Oc1c(Cl)nc2ncnn2c1Cl. The van der Waals surface area contributed by atoms with Crippen molar-refractivity contribution >= 4 is 29.0 Å². The molecule has 0 aliphatic carbocycles. The molecule has 0 unspecified atom stereocenters. The maximum atomic E-state index is 6.25. The monoisotopic (exact) mass is 308 g/mol. The summed E-state index contributed by atoms with van der Waals surface area (Å²) < 4.78 is 7.24. The summed E-state index contributed by atoms with van der Waals surface area (Å²) in [7, 11) is 0. The van der Waals surface area contributed by atoms with Crippen molar-refractivity contribution in [3.05, 3.63) is 46.0 Å². The Bertz CT molecular complexity index is 780. The normalized spacial score (nSPS) is 11.0. The number of ether oxygens (including phenoxy) is 1. The minimum absolute atomic E-state index is 0.151. The van der Waals surface area contributed by atoms with Gasteiger partial charge in [-0.3, -0.25) is 0 Å². The van der Waals surface area contributed by atoms with E-state index < -0.39 is 0 Å². The summed E-state index contributed by atoms with van der Waals surface area (Å²) in [5, 5.41) is 4.37. The Morgan fingerprint density at radius 2 is 1.80 bits per heavy atom. The maximum absolute atomic E-state index is 6.25. The largest absolute Gasteiger partial charge is 0.450 e. The van der Waals surface area contributed by atoms with Crippen LogP contribution in [0.4, 0.5) is 0 Å². The Morgan fingerprint density at radius 3 is 2.50 bits per heavy atom. The summed E-state index contributed by atoms with van der Waals surface area (Å²) in [6.45, 7) is 3.90. The van der Waals surface area contributed by atoms with Crippen LogP contribution in [0.2, 0.25) is 10.3 Å². The van der Waals surface area contributed by atoms with Crippen LogP contribution in [0, 0.1) is 13.8 Å². The summed E-state index contributed by atoms with van der Waals surface area (Å²) in [6, 6.07) is 5.86. The molecule has 0 spiro atoms. The second-order valence-corrected chi connectivity index (χ2v) is 5.03. The first-order valence-corrected chi connectivity index (χ1v) is 6.62. The first kappa shape index (κ1) is 13.1. The van der Waals surface area contributed by atoms with Crippen molar-refractivity contribution in [3.8, 4) is 11.5 Å². The number of para-hydroxylation sites is 1. The summed E-state index contributed by atoms with van der Waals surface area (Å²) in [4.78, 5) is 8.04. The van der Waals surface area contributed by atoms with Gasteiger partial charge in [-0.05, 0) is 25.0 Å². The molecule has 102 valence electrons. The number of fused-ring (bicyclic) bond motifs is 1. The van der Waals surface area contributed by atoms with E-state index in [9.17, 15) is 0 Å². The molecule has 0 atom stereocenters. The molecule has 3 aromatic rings. The van der Waals surface area contributed by atoms with Crippen molar-refractivity contribution < 1.29 is 4.74 Å². The van der Waals surface area contributed by atoms with E-state index in [1.165, 1.54) is 10.8 Å². The quantitative estimate of drug-likeness (QED) is 0.675. The standard InChI is InChI=1S/C13H10Cl2N4O/c1-7-4-3-5-8(2)9(7)20-10-11(14)18-13-16-6-17-19(13)12(10)15/h3-6H,1-2H3. The number of halogens is 2. The highest BCUT2D eigenvalue weighted by atomic mass is 35.5. The second kappa shape index (κ2) is 4.92. The van der Waals surface area contributed by atoms with Gasteiger partial charge < -0.3 is 4.74 Å². The minimum Gasteiger partial charge on any atom is -0.450 e. The van der Waals surface area contributed by atoms with Crippen LogP contribution in [0.1, 0.15) is 11.1 Å². The lowest BCUT2D eigenvalue weighted by molar-refractivity contribution is 0.469. The lowest BCUT2D eigenvalue weighted by atomic mass is 10.1. The average molecular weight is 309 g/mol. The predicted molar refractivity (Wildman–Crippen MR) is 76.8 cm³/mol. The van der Waals surface area contributed by atoms with Gasteiger partial charge in [-0.1, -0.05) is 41.4 Å². The highest BCUT2D eigenvalue weighted by molar-refractivity contribution is 6.36. The molecule has 7 heteroatoms. The third kappa shape index (κ3) is 2.09. The lowest BCUT2D eigenvalue weighted by Crippen LogP contribution is -1.99. The van der Waals surface area contributed by atoms with Crippen LogP contribution in [0.5, 0.6) is 11.5 Å². The number of aryl methyl sites for hydroxylation is 2. The van der Waals surface area contributed by atoms with Gasteiger partial charge in [-0.25, -0.2) is 0 Å². The molecule has 5 nitrogen and oxygen atoms in total. The average Bonchev–Trinajstić information content (AvgIpc) is 2.85. The van der Waals surface area contributed by atoms with Gasteiger partial charge in [0.2, 0.25) is 5.75 Å². The van der Waals surface area contributed by atoms with Crippen LogP contribution in [0.25, 0.3) is 5.78 Å². The fraction of sp³-hybridized carbons (Fsp3) is 0.154. The van der Waals surface area contributed by atoms with Crippen molar-refractivity contribution in [2.45, 2.75) is 13.8 Å². The second-order valence-electron chi connectivity index (χ2n) is 4.32. The van der Waals surface area contributed by atoms with Crippen LogP contribution in [0.3, 0.4) is 0 Å². The Labute approximate surface area is 125 Å². The topological polar surface area (TPSA) is 52.3 Å². The van der Waals surface area contributed by atoms with Crippen molar-refractivity contribution in [1.29, 1.82) is 0 Å². The zero-order chi connectivity index (χ0) is 14.3. The number of hydrogen-bond acceptors (Lipinski definition) is 4. The zero-order valence-electron chi connectivity index (χ0n) is 10.8. The van der Waals surface area contributed by atoms with Crippen LogP contribution in [0.15, 0.2) is 24.5 Å². The molecule has 0 amide bonds. The van der Waals surface area contributed by atoms with Gasteiger partial charge in [0.15, 0.2) is 10.3 Å². The van der Waals surface area contributed by atoms with Gasteiger partial charge in [0.1, 0.15) is 12.1 Å². The van der Waals surface area contributed by atoms with Gasteiger partial charge >= 0.3 is 0 Å². The van der Waals surface area contributed by atoms with Crippen LogP contribution in [-0.4, -0.2) is 19.6 Å². The molecule has 20 heavy (non-hydrogen) atoms. The summed E-state index contributed by atoms with van der Waals surface area (Å²) >= 11 is 12.4. The Morgan fingerprint density at radius 1 is 1.10 bits per heavy atom. The Hall–Kier alpha value is -1.85. The van der Waals surface area contributed by atoms with Gasteiger partial charge in [0.05, 0.1) is 0 Å². The zero-order valence-corrected chi connectivity index (χ0v) is 12.3. The van der Waals surface area contributed by atoms with Crippen LogP contribution >= 0.6 is 23.2 Å². The smallest absolute Gasteiger partial charge is 0.255 e. The number of benzene rings is 1. The van der Waals surface area contributed by atoms with Crippen molar-refractivity contribution in [1.82, 2.24) is 19.6 Å². The molecule has 0 saturated heterocycles. The van der Waals surface area contributed by atoms with Crippen molar-refractivity contribution in [2.75, 3.05) is 0 Å². The summed E-state index contributed by atoms with van der Waals surface area (Å²) in [5.74, 6) is 1.30. The third-order valence-corrected chi connectivity index (χ3v) is 3.49. The molecule has 0 N–H and O–H groups in total. The third-order valence-electron chi connectivity index (χ3n) is 2.90. The van der Waals surface area contributed by atoms with E-state index in [2.05, 4.69) is 15.1 Å². The number of nitrogens with zero attached hydrogens (tertiary/aromatic N) is 4. The lowest BCUT2D eigenvalue weighted by Gasteiger charge is -2.13.